The van der Waals surface area contributed by atoms with Gasteiger partial charge in [-0.2, -0.15) is 23.0 Å². The lowest BCUT2D eigenvalue weighted by Crippen LogP contribution is -2.30. The molecule has 10 heteroatoms. The van der Waals surface area contributed by atoms with Crippen molar-refractivity contribution < 1.29 is 17.9 Å². The first-order chi connectivity index (χ1) is 10.3. The lowest BCUT2D eigenvalue weighted by atomic mass is 10.3. The Morgan fingerprint density at radius 3 is 2.68 bits per heavy atom. The molecule has 0 aliphatic rings. The van der Waals surface area contributed by atoms with Crippen LogP contribution >= 0.6 is 0 Å². The Morgan fingerprint density at radius 1 is 1.36 bits per heavy atom. The van der Waals surface area contributed by atoms with Crippen LogP contribution in [0.15, 0.2) is 30.1 Å². The van der Waals surface area contributed by atoms with Crippen molar-refractivity contribution in [3.05, 3.63) is 41.5 Å². The number of hydrogen-bond donors (Lipinski definition) is 0. The Labute approximate surface area is 122 Å². The highest BCUT2D eigenvalue weighted by atomic mass is 19.4. The Balaban J connectivity index is 2.46. The zero-order valence-corrected chi connectivity index (χ0v) is 11.5. The maximum Gasteiger partial charge on any atom is 0.406 e. The van der Waals surface area contributed by atoms with E-state index in [1.54, 1.807) is 6.92 Å². The molecule has 0 amide bonds. The third-order valence-electron chi connectivity index (χ3n) is 2.55. The molecule has 2 heterocycles. The molecule has 0 saturated carbocycles. The number of halogens is 3. The van der Waals surface area contributed by atoms with Gasteiger partial charge in [-0.1, -0.05) is 6.58 Å². The van der Waals surface area contributed by atoms with Crippen LogP contribution in [-0.2, 0) is 11.3 Å². The van der Waals surface area contributed by atoms with Gasteiger partial charge in [0, 0.05) is 12.4 Å². The van der Waals surface area contributed by atoms with E-state index in [2.05, 4.69) is 21.6 Å². The van der Waals surface area contributed by atoms with Crippen molar-refractivity contribution in [3.63, 3.8) is 0 Å². The van der Waals surface area contributed by atoms with Gasteiger partial charge in [-0.25, -0.2) is 14.8 Å². The SMILES string of the molecule is C=C(OCC)c1nccnc1-n1ncn(CC(F)(F)F)c1=O. The molecule has 2 aromatic heterocycles. The minimum absolute atomic E-state index is 0.0492. The van der Waals surface area contributed by atoms with Gasteiger partial charge in [-0.15, -0.1) is 0 Å². The molecule has 118 valence electrons. The maximum atomic E-state index is 12.4. The maximum absolute atomic E-state index is 12.4. The summed E-state index contributed by atoms with van der Waals surface area (Å²) in [6.45, 7) is 4.24. The van der Waals surface area contributed by atoms with Gasteiger partial charge in [0.05, 0.1) is 6.61 Å². The van der Waals surface area contributed by atoms with Crippen LogP contribution < -0.4 is 5.69 Å². The summed E-state index contributed by atoms with van der Waals surface area (Å²) in [4.78, 5) is 19.9. The fraction of sp³-hybridized carbons (Fsp3) is 0.333. The highest BCUT2D eigenvalue weighted by molar-refractivity contribution is 5.59. The molecule has 0 atom stereocenters. The van der Waals surface area contributed by atoms with E-state index in [4.69, 9.17) is 4.74 Å². The molecular weight excluding hydrogens is 303 g/mol. The molecule has 22 heavy (non-hydrogen) atoms. The molecule has 0 saturated heterocycles. The molecule has 0 N–H and O–H groups in total. The number of aromatic nitrogens is 5. The van der Waals surface area contributed by atoms with Crippen LogP contribution in [0.5, 0.6) is 0 Å². The second-order valence-electron chi connectivity index (χ2n) is 4.15. The number of hydrogen-bond acceptors (Lipinski definition) is 5. The van der Waals surface area contributed by atoms with E-state index in [0.29, 0.717) is 11.2 Å². The summed E-state index contributed by atoms with van der Waals surface area (Å²) in [5.74, 6) is 0.0924. The van der Waals surface area contributed by atoms with Crippen molar-refractivity contribution in [3.8, 4) is 5.82 Å². The molecule has 0 radical (unpaired) electrons. The van der Waals surface area contributed by atoms with Crippen molar-refractivity contribution in [2.24, 2.45) is 0 Å². The van der Waals surface area contributed by atoms with Crippen LogP contribution in [0.4, 0.5) is 13.2 Å². The Bertz CT molecular complexity index is 735. The molecular formula is C12H12F3N5O2. The fourth-order valence-corrected chi connectivity index (χ4v) is 1.71. The van der Waals surface area contributed by atoms with Gasteiger partial charge in [-0.05, 0) is 6.92 Å². The second kappa shape index (κ2) is 6.00. The summed E-state index contributed by atoms with van der Waals surface area (Å²) >= 11 is 0. The van der Waals surface area contributed by atoms with Crippen LogP contribution in [-0.4, -0.2) is 37.1 Å². The van der Waals surface area contributed by atoms with Crippen molar-refractivity contribution in [1.82, 2.24) is 24.3 Å². The van der Waals surface area contributed by atoms with E-state index in [1.807, 2.05) is 0 Å². The normalized spacial score (nSPS) is 11.5. The lowest BCUT2D eigenvalue weighted by molar-refractivity contribution is -0.141. The van der Waals surface area contributed by atoms with Crippen molar-refractivity contribution in [2.75, 3.05) is 6.61 Å². The first-order valence-electron chi connectivity index (χ1n) is 6.18. The first kappa shape index (κ1) is 15.7. The predicted octanol–water partition coefficient (Wildman–Crippen LogP) is 1.39. The largest absolute Gasteiger partial charge is 0.492 e. The van der Waals surface area contributed by atoms with Gasteiger partial charge in [-0.3, -0.25) is 4.57 Å². The van der Waals surface area contributed by atoms with E-state index < -0.39 is 18.4 Å². The number of rotatable bonds is 5. The van der Waals surface area contributed by atoms with E-state index in [-0.39, 0.29) is 17.3 Å². The topological polar surface area (TPSA) is 74.8 Å². The number of nitrogens with zero attached hydrogens (tertiary/aromatic N) is 5. The monoisotopic (exact) mass is 315 g/mol. The first-order valence-corrected chi connectivity index (χ1v) is 6.18. The Morgan fingerprint density at radius 2 is 2.05 bits per heavy atom. The van der Waals surface area contributed by atoms with E-state index >= 15 is 0 Å². The van der Waals surface area contributed by atoms with Crippen LogP contribution in [0.3, 0.4) is 0 Å². The third-order valence-corrected chi connectivity index (χ3v) is 2.55. The summed E-state index contributed by atoms with van der Waals surface area (Å²) in [5, 5.41) is 3.64. The van der Waals surface area contributed by atoms with Gasteiger partial charge in [0.2, 0.25) is 0 Å². The summed E-state index contributed by atoms with van der Waals surface area (Å²) in [5.41, 5.74) is -0.855. The molecule has 2 aromatic rings. The molecule has 0 unspecified atom stereocenters. The summed E-state index contributed by atoms with van der Waals surface area (Å²) in [6.07, 6.45) is -1.11. The standard InChI is InChI=1S/C12H12F3N5O2/c1-3-22-8(2)9-10(17-5-4-16-9)20-11(21)19(7-18-20)6-12(13,14)15/h4-5,7H,2-3,6H2,1H3. The minimum Gasteiger partial charge on any atom is -0.492 e. The van der Waals surface area contributed by atoms with Gasteiger partial charge in [0.25, 0.3) is 0 Å². The lowest BCUT2D eigenvalue weighted by Gasteiger charge is -2.09. The molecule has 0 bridgehead atoms. The fourth-order valence-electron chi connectivity index (χ4n) is 1.71. The minimum atomic E-state index is -4.53. The van der Waals surface area contributed by atoms with Crippen molar-refractivity contribution >= 4 is 5.76 Å². The van der Waals surface area contributed by atoms with Gasteiger partial charge in [0.15, 0.2) is 5.82 Å². The highest BCUT2D eigenvalue weighted by Crippen LogP contribution is 2.18. The predicted molar refractivity (Wildman–Crippen MR) is 70.1 cm³/mol. The number of ether oxygens (including phenoxy) is 1. The van der Waals surface area contributed by atoms with Crippen LogP contribution in [0, 0.1) is 0 Å². The van der Waals surface area contributed by atoms with Gasteiger partial charge >= 0.3 is 11.9 Å². The van der Waals surface area contributed by atoms with Crippen molar-refractivity contribution in [1.29, 1.82) is 0 Å². The molecule has 2 rings (SSSR count). The average molecular weight is 315 g/mol. The van der Waals surface area contributed by atoms with Gasteiger partial charge in [0.1, 0.15) is 24.3 Å². The number of alkyl halides is 3. The molecule has 0 spiro atoms. The van der Waals surface area contributed by atoms with E-state index in [9.17, 15) is 18.0 Å². The molecule has 0 aliphatic carbocycles. The summed E-state index contributed by atoms with van der Waals surface area (Å²) in [6, 6.07) is 0. The summed E-state index contributed by atoms with van der Waals surface area (Å²) < 4.78 is 43.5. The highest BCUT2D eigenvalue weighted by Gasteiger charge is 2.29. The summed E-state index contributed by atoms with van der Waals surface area (Å²) in [7, 11) is 0. The van der Waals surface area contributed by atoms with Gasteiger partial charge < -0.3 is 4.74 Å². The quantitative estimate of drug-likeness (QED) is 0.780. The zero-order chi connectivity index (χ0) is 16.3. The van der Waals surface area contributed by atoms with Crippen molar-refractivity contribution in [2.45, 2.75) is 19.6 Å². The molecule has 7 nitrogen and oxygen atoms in total. The van der Waals surface area contributed by atoms with E-state index in [0.717, 1.165) is 11.0 Å². The molecule has 0 aromatic carbocycles. The van der Waals surface area contributed by atoms with Crippen LogP contribution in [0.1, 0.15) is 12.6 Å². The smallest absolute Gasteiger partial charge is 0.406 e. The molecule has 0 fully saturated rings. The van der Waals surface area contributed by atoms with Crippen LogP contribution in [0.25, 0.3) is 11.6 Å². The Hall–Kier alpha value is -2.65. The molecule has 0 aliphatic heterocycles. The second-order valence-corrected chi connectivity index (χ2v) is 4.15. The third kappa shape index (κ3) is 3.32. The van der Waals surface area contributed by atoms with Crippen LogP contribution in [0.2, 0.25) is 0 Å². The Kier molecular flexibility index (Phi) is 4.29. The average Bonchev–Trinajstić information content (AvgIpc) is 2.78. The van der Waals surface area contributed by atoms with E-state index in [1.165, 1.54) is 12.4 Å². The zero-order valence-electron chi connectivity index (χ0n) is 11.5.